The molecule has 144 valence electrons. The summed E-state index contributed by atoms with van der Waals surface area (Å²) in [6, 6.07) is 0. The van der Waals surface area contributed by atoms with E-state index in [1.165, 1.54) is 0 Å². The van der Waals surface area contributed by atoms with Crippen LogP contribution >= 0.6 is 11.6 Å². The number of fused-ring (bicyclic) bond motifs is 1. The summed E-state index contributed by atoms with van der Waals surface area (Å²) in [4.78, 5) is 36.3. The number of alkyl halides is 1. The van der Waals surface area contributed by atoms with Crippen molar-refractivity contribution in [1.82, 2.24) is 5.32 Å². The maximum Gasteiger partial charge on any atom is 0.232 e. The fourth-order valence-electron chi connectivity index (χ4n) is 5.98. The van der Waals surface area contributed by atoms with E-state index >= 15 is 0 Å². The van der Waals surface area contributed by atoms with Crippen LogP contribution in [0.4, 0.5) is 0 Å². The molecule has 0 spiro atoms. The van der Waals surface area contributed by atoms with Crippen molar-refractivity contribution in [3.8, 4) is 0 Å². The smallest absolute Gasteiger partial charge is 0.232 e. The van der Waals surface area contributed by atoms with Crippen LogP contribution in [0.1, 0.15) is 53.4 Å². The van der Waals surface area contributed by atoms with E-state index in [-0.39, 0.29) is 46.2 Å². The van der Waals surface area contributed by atoms with E-state index in [4.69, 9.17) is 11.6 Å². The molecule has 6 unspecified atom stereocenters. The second-order valence-electron chi connectivity index (χ2n) is 9.30. The molecule has 2 aliphatic carbocycles. The Morgan fingerprint density at radius 2 is 1.92 bits per heavy atom. The first-order chi connectivity index (χ1) is 12.0. The Morgan fingerprint density at radius 1 is 1.27 bits per heavy atom. The number of carbonyl (C=O) groups excluding carboxylic acids is 3. The molecule has 2 amide bonds. The molecular weight excluding hydrogens is 354 g/mol. The minimum atomic E-state index is -0.917. The SMILES string of the molecule is CC1=CC(=O)C2C(C)(C)CC(Cl)CC2(C)C1CC(O)C1CC(=O)NC1=O. The lowest BCUT2D eigenvalue weighted by molar-refractivity contribution is -0.138. The van der Waals surface area contributed by atoms with Crippen LogP contribution in [0.3, 0.4) is 0 Å². The van der Waals surface area contributed by atoms with Gasteiger partial charge in [0.2, 0.25) is 11.8 Å². The molecule has 3 rings (SSSR count). The Labute approximate surface area is 159 Å². The summed E-state index contributed by atoms with van der Waals surface area (Å²) in [5.74, 6) is -1.53. The Kier molecular flexibility index (Phi) is 4.85. The van der Waals surface area contributed by atoms with Crippen molar-refractivity contribution < 1.29 is 19.5 Å². The number of ketones is 1. The number of carbonyl (C=O) groups is 3. The van der Waals surface area contributed by atoms with Gasteiger partial charge in [-0.25, -0.2) is 0 Å². The van der Waals surface area contributed by atoms with Crippen molar-refractivity contribution >= 4 is 29.2 Å². The summed E-state index contributed by atoms with van der Waals surface area (Å²) >= 11 is 6.58. The zero-order chi connectivity index (χ0) is 19.4. The highest BCUT2D eigenvalue weighted by Gasteiger charge is 2.58. The summed E-state index contributed by atoms with van der Waals surface area (Å²) in [7, 11) is 0. The van der Waals surface area contributed by atoms with Crippen LogP contribution in [0.2, 0.25) is 0 Å². The molecular formula is C20H28ClNO4. The summed E-state index contributed by atoms with van der Waals surface area (Å²) in [5.41, 5.74) is 0.334. The number of rotatable bonds is 3. The standard InChI is InChI=1S/C20H28ClNO4/c1-10-5-15(24)17-19(2,3)8-11(21)9-20(17,4)13(10)7-14(23)12-6-16(25)22-18(12)26/h5,11-14,17,23H,6-9H2,1-4H3,(H,22,25,26). The highest BCUT2D eigenvalue weighted by atomic mass is 35.5. The van der Waals surface area contributed by atoms with Crippen LogP contribution in [0.5, 0.6) is 0 Å². The Hall–Kier alpha value is -1.20. The van der Waals surface area contributed by atoms with Gasteiger partial charge in [0.1, 0.15) is 0 Å². The maximum absolute atomic E-state index is 12.9. The number of aliphatic hydroxyl groups is 1. The third-order valence-electron chi connectivity index (χ3n) is 6.80. The molecule has 1 saturated carbocycles. The number of halogens is 1. The summed E-state index contributed by atoms with van der Waals surface area (Å²) in [6.07, 6.45) is 2.65. The monoisotopic (exact) mass is 381 g/mol. The zero-order valence-electron chi connectivity index (χ0n) is 15.8. The minimum absolute atomic E-state index is 0.0260. The highest BCUT2D eigenvalue weighted by Crippen LogP contribution is 2.60. The van der Waals surface area contributed by atoms with Gasteiger partial charge in [-0.3, -0.25) is 19.7 Å². The van der Waals surface area contributed by atoms with Crippen molar-refractivity contribution in [2.24, 2.45) is 28.6 Å². The number of nitrogens with one attached hydrogen (secondary N) is 1. The van der Waals surface area contributed by atoms with Crippen molar-refractivity contribution in [1.29, 1.82) is 0 Å². The molecule has 0 aromatic rings. The van der Waals surface area contributed by atoms with Gasteiger partial charge in [-0.2, -0.15) is 0 Å². The van der Waals surface area contributed by atoms with E-state index in [0.29, 0.717) is 12.8 Å². The van der Waals surface area contributed by atoms with Crippen LogP contribution < -0.4 is 5.32 Å². The molecule has 6 atom stereocenters. The molecule has 2 N–H and O–H groups in total. The van der Waals surface area contributed by atoms with Gasteiger partial charge in [0.05, 0.1) is 12.0 Å². The Balaban J connectivity index is 1.92. The number of allylic oxidation sites excluding steroid dienone is 2. The highest BCUT2D eigenvalue weighted by molar-refractivity contribution is 6.20. The van der Waals surface area contributed by atoms with Crippen molar-refractivity contribution in [2.75, 3.05) is 0 Å². The summed E-state index contributed by atoms with van der Waals surface area (Å²) < 4.78 is 0. The minimum Gasteiger partial charge on any atom is -0.392 e. The van der Waals surface area contributed by atoms with Crippen LogP contribution in [-0.2, 0) is 14.4 Å². The number of imide groups is 1. The average molecular weight is 382 g/mol. The lowest BCUT2D eigenvalue weighted by Gasteiger charge is -2.57. The van der Waals surface area contributed by atoms with Gasteiger partial charge in [0, 0.05) is 17.7 Å². The molecule has 0 aromatic carbocycles. The third-order valence-corrected chi connectivity index (χ3v) is 7.10. The Bertz CT molecular complexity index is 685. The molecule has 1 saturated heterocycles. The van der Waals surface area contributed by atoms with Gasteiger partial charge in [-0.15, -0.1) is 11.6 Å². The van der Waals surface area contributed by atoms with E-state index in [0.717, 1.165) is 12.0 Å². The quantitative estimate of drug-likeness (QED) is 0.581. The predicted octanol–water partition coefficient (Wildman–Crippen LogP) is 2.60. The zero-order valence-corrected chi connectivity index (χ0v) is 16.6. The molecule has 6 heteroatoms. The summed E-state index contributed by atoms with van der Waals surface area (Å²) in [5, 5.41) is 13.0. The molecule has 1 heterocycles. The maximum atomic E-state index is 12.9. The molecule has 1 aliphatic heterocycles. The van der Waals surface area contributed by atoms with Crippen LogP contribution in [0, 0.1) is 28.6 Å². The second kappa shape index (κ2) is 6.45. The second-order valence-corrected chi connectivity index (χ2v) is 9.92. The Morgan fingerprint density at radius 3 is 2.50 bits per heavy atom. The number of amides is 2. The average Bonchev–Trinajstić information content (AvgIpc) is 2.79. The topological polar surface area (TPSA) is 83.5 Å². The number of hydrogen-bond acceptors (Lipinski definition) is 4. The van der Waals surface area contributed by atoms with E-state index in [9.17, 15) is 19.5 Å². The van der Waals surface area contributed by atoms with Crippen molar-refractivity contribution in [3.63, 3.8) is 0 Å². The molecule has 0 aromatic heterocycles. The number of hydrogen-bond donors (Lipinski definition) is 2. The first-order valence-corrected chi connectivity index (χ1v) is 9.77. The van der Waals surface area contributed by atoms with Crippen LogP contribution in [0.15, 0.2) is 11.6 Å². The van der Waals surface area contributed by atoms with E-state index in [1.807, 2.05) is 6.92 Å². The first-order valence-electron chi connectivity index (χ1n) is 9.33. The van der Waals surface area contributed by atoms with Crippen molar-refractivity contribution in [3.05, 3.63) is 11.6 Å². The van der Waals surface area contributed by atoms with Gasteiger partial charge >= 0.3 is 0 Å². The molecule has 0 bridgehead atoms. The molecule has 2 fully saturated rings. The normalized spacial score (nSPS) is 40.7. The van der Waals surface area contributed by atoms with Gasteiger partial charge in [-0.05, 0) is 49.0 Å². The predicted molar refractivity (Wildman–Crippen MR) is 98.4 cm³/mol. The number of aliphatic hydroxyl groups excluding tert-OH is 1. The van der Waals surface area contributed by atoms with Crippen LogP contribution in [0.25, 0.3) is 0 Å². The summed E-state index contributed by atoms with van der Waals surface area (Å²) in [6.45, 7) is 8.20. The van der Waals surface area contributed by atoms with Crippen molar-refractivity contribution in [2.45, 2.75) is 64.9 Å². The lowest BCUT2D eigenvalue weighted by Crippen LogP contribution is -2.55. The van der Waals surface area contributed by atoms with Gasteiger partial charge in [0.25, 0.3) is 0 Å². The molecule has 26 heavy (non-hydrogen) atoms. The first kappa shape index (κ1) is 19.6. The third kappa shape index (κ3) is 3.13. The van der Waals surface area contributed by atoms with E-state index < -0.39 is 17.9 Å². The largest absolute Gasteiger partial charge is 0.392 e. The lowest BCUT2D eigenvalue weighted by atomic mass is 9.47. The van der Waals surface area contributed by atoms with Crippen LogP contribution in [-0.4, -0.2) is 34.2 Å². The van der Waals surface area contributed by atoms with Gasteiger partial charge in [-0.1, -0.05) is 26.3 Å². The molecule has 5 nitrogen and oxygen atoms in total. The van der Waals surface area contributed by atoms with Gasteiger partial charge in [0.15, 0.2) is 5.78 Å². The fraction of sp³-hybridized carbons (Fsp3) is 0.750. The van der Waals surface area contributed by atoms with E-state index in [1.54, 1.807) is 6.08 Å². The molecule has 0 radical (unpaired) electrons. The van der Waals surface area contributed by atoms with Gasteiger partial charge < -0.3 is 5.11 Å². The van der Waals surface area contributed by atoms with E-state index in [2.05, 4.69) is 26.1 Å². The fourth-order valence-corrected chi connectivity index (χ4v) is 6.71. The molecule has 3 aliphatic rings.